The van der Waals surface area contributed by atoms with Crippen molar-refractivity contribution in [1.29, 1.82) is 0 Å². The van der Waals surface area contributed by atoms with Crippen LogP contribution in [-0.2, 0) is 12.8 Å². The van der Waals surface area contributed by atoms with Gasteiger partial charge in [-0.3, -0.25) is 0 Å². The number of hydrogen-bond donors (Lipinski definition) is 0. The lowest BCUT2D eigenvalue weighted by molar-refractivity contribution is 0.351. The topological polar surface area (TPSA) is 8.17 Å². The molecule has 4 heteroatoms. The molecule has 2 heterocycles. The van der Waals surface area contributed by atoms with E-state index in [1.54, 1.807) is 12.1 Å². The quantitative estimate of drug-likeness (QED) is 0.622. The average Bonchev–Trinajstić information content (AvgIpc) is 2.74. The van der Waals surface area contributed by atoms with Crippen LogP contribution in [0.2, 0.25) is 5.02 Å². The van der Waals surface area contributed by atoms with Crippen molar-refractivity contribution in [2.75, 3.05) is 20.1 Å². The summed E-state index contributed by atoms with van der Waals surface area (Å²) in [7, 11) is 2.15. The van der Waals surface area contributed by atoms with Gasteiger partial charge < -0.3 is 9.47 Å². The van der Waals surface area contributed by atoms with Gasteiger partial charge in [0.15, 0.2) is 0 Å². The Labute approximate surface area is 152 Å². The predicted octanol–water partition coefficient (Wildman–Crippen LogP) is 5.09. The van der Waals surface area contributed by atoms with E-state index in [4.69, 9.17) is 11.6 Å². The molecule has 0 aliphatic carbocycles. The van der Waals surface area contributed by atoms with Crippen LogP contribution in [0, 0.1) is 5.82 Å². The minimum atomic E-state index is -0.205. The molecule has 0 fully saturated rings. The van der Waals surface area contributed by atoms with Gasteiger partial charge in [0.2, 0.25) is 0 Å². The normalized spacial score (nSPS) is 15.6. The first-order valence-corrected chi connectivity index (χ1v) is 8.94. The summed E-state index contributed by atoms with van der Waals surface area (Å²) in [6.45, 7) is 2.06. The van der Waals surface area contributed by atoms with Gasteiger partial charge in [0.1, 0.15) is 5.82 Å². The molecule has 0 unspecified atom stereocenters. The molecule has 0 bridgehead atoms. The number of benzene rings is 2. The minimum absolute atomic E-state index is 0.205. The molecular weight excluding hydrogens is 335 g/mol. The number of likely N-dealkylation sites (N-methyl/N-ethyl adjacent to an activating group) is 1. The molecule has 25 heavy (non-hydrogen) atoms. The van der Waals surface area contributed by atoms with Crippen LogP contribution in [0.3, 0.4) is 0 Å². The number of hydrogen-bond acceptors (Lipinski definition) is 1. The van der Waals surface area contributed by atoms with Crippen LogP contribution in [0.15, 0.2) is 42.5 Å². The second-order valence-corrected chi connectivity index (χ2v) is 7.03. The summed E-state index contributed by atoms with van der Waals surface area (Å²) in [5.41, 5.74) is 4.39. The van der Waals surface area contributed by atoms with E-state index in [2.05, 4.69) is 28.6 Å². The Hall–Kier alpha value is -2.10. The Kier molecular flexibility index (Phi) is 4.36. The molecule has 128 valence electrons. The van der Waals surface area contributed by atoms with Crippen LogP contribution in [-0.4, -0.2) is 29.6 Å². The van der Waals surface area contributed by atoms with Crippen molar-refractivity contribution in [1.82, 2.24) is 9.47 Å². The van der Waals surface area contributed by atoms with Gasteiger partial charge in [-0.2, -0.15) is 0 Å². The Morgan fingerprint density at radius 2 is 1.88 bits per heavy atom. The fourth-order valence-electron chi connectivity index (χ4n) is 3.60. The molecule has 0 saturated heterocycles. The molecule has 3 aromatic rings. The van der Waals surface area contributed by atoms with Crippen molar-refractivity contribution in [2.45, 2.75) is 12.8 Å². The Balaban J connectivity index is 1.87. The Bertz CT molecular complexity index is 958. The van der Waals surface area contributed by atoms with Gasteiger partial charge in [0.25, 0.3) is 0 Å². The third-order valence-corrected chi connectivity index (χ3v) is 5.20. The highest BCUT2D eigenvalue weighted by molar-refractivity contribution is 6.31. The summed E-state index contributed by atoms with van der Waals surface area (Å²) in [6, 6.07) is 12.9. The van der Waals surface area contributed by atoms with E-state index in [0.717, 1.165) is 36.5 Å². The van der Waals surface area contributed by atoms with Crippen LogP contribution in [0.1, 0.15) is 16.8 Å². The van der Waals surface area contributed by atoms with Crippen LogP contribution in [0.4, 0.5) is 4.39 Å². The number of fused-ring (bicyclic) bond motifs is 3. The standard InChI is InChI=1S/C21H20ClFN2/c1-24-11-9-17-18-14-16(22)6-7-20(18)25(21(17)10-12-24)13-8-15-4-2-3-5-19(15)23/h2-8,13-14H,9-12H2,1H3. The molecule has 1 aliphatic heterocycles. The van der Waals surface area contributed by atoms with Gasteiger partial charge >= 0.3 is 0 Å². The zero-order valence-electron chi connectivity index (χ0n) is 14.2. The monoisotopic (exact) mass is 354 g/mol. The molecule has 1 aliphatic rings. The minimum Gasteiger partial charge on any atom is -0.320 e. The highest BCUT2D eigenvalue weighted by Gasteiger charge is 2.19. The Morgan fingerprint density at radius 1 is 1.08 bits per heavy atom. The highest BCUT2D eigenvalue weighted by Crippen LogP contribution is 2.31. The molecule has 0 amide bonds. The maximum Gasteiger partial charge on any atom is 0.130 e. The summed E-state index contributed by atoms with van der Waals surface area (Å²) >= 11 is 6.25. The number of rotatable bonds is 2. The molecule has 4 rings (SSSR count). The first-order chi connectivity index (χ1) is 12.1. The molecular formula is C21H20ClFN2. The van der Waals surface area contributed by atoms with Gasteiger partial charge in [-0.1, -0.05) is 29.8 Å². The van der Waals surface area contributed by atoms with Crippen molar-refractivity contribution in [3.63, 3.8) is 0 Å². The van der Waals surface area contributed by atoms with E-state index in [1.165, 1.54) is 22.7 Å². The van der Waals surface area contributed by atoms with Crippen molar-refractivity contribution in [3.8, 4) is 0 Å². The van der Waals surface area contributed by atoms with Crippen LogP contribution < -0.4 is 0 Å². The van der Waals surface area contributed by atoms with Crippen molar-refractivity contribution in [3.05, 3.63) is 70.1 Å². The second kappa shape index (κ2) is 6.66. The maximum absolute atomic E-state index is 14.0. The summed E-state index contributed by atoms with van der Waals surface area (Å²) in [5, 5.41) is 1.96. The smallest absolute Gasteiger partial charge is 0.130 e. The van der Waals surface area contributed by atoms with E-state index in [9.17, 15) is 4.39 Å². The fraction of sp³-hybridized carbons (Fsp3) is 0.238. The number of halogens is 2. The lowest BCUT2D eigenvalue weighted by atomic mass is 10.1. The maximum atomic E-state index is 14.0. The molecule has 0 saturated carbocycles. The SMILES string of the molecule is CN1CCc2c(n(C=Cc3ccccc3F)c3ccc(Cl)cc23)CC1. The molecule has 2 aromatic carbocycles. The summed E-state index contributed by atoms with van der Waals surface area (Å²) in [5.74, 6) is -0.205. The third-order valence-electron chi connectivity index (χ3n) is 4.96. The van der Waals surface area contributed by atoms with Crippen molar-refractivity contribution >= 4 is 34.8 Å². The largest absolute Gasteiger partial charge is 0.320 e. The second-order valence-electron chi connectivity index (χ2n) is 6.60. The van der Waals surface area contributed by atoms with Crippen LogP contribution in [0.25, 0.3) is 23.2 Å². The van der Waals surface area contributed by atoms with Crippen molar-refractivity contribution in [2.24, 2.45) is 0 Å². The van der Waals surface area contributed by atoms with E-state index in [0.29, 0.717) is 5.56 Å². The molecule has 2 nitrogen and oxygen atoms in total. The molecule has 0 radical (unpaired) electrons. The van der Waals surface area contributed by atoms with Crippen LogP contribution in [0.5, 0.6) is 0 Å². The van der Waals surface area contributed by atoms with Gasteiger partial charge in [0.05, 0.1) is 5.52 Å². The number of nitrogens with zero attached hydrogens (tertiary/aromatic N) is 2. The van der Waals surface area contributed by atoms with Gasteiger partial charge in [0, 0.05) is 47.4 Å². The van der Waals surface area contributed by atoms with E-state index in [1.807, 2.05) is 24.4 Å². The van der Waals surface area contributed by atoms with E-state index >= 15 is 0 Å². The first kappa shape index (κ1) is 16.4. The fourth-order valence-corrected chi connectivity index (χ4v) is 3.78. The van der Waals surface area contributed by atoms with Crippen LogP contribution >= 0.6 is 11.6 Å². The van der Waals surface area contributed by atoms with Gasteiger partial charge in [-0.15, -0.1) is 0 Å². The van der Waals surface area contributed by atoms with Gasteiger partial charge in [-0.05, 0) is 49.4 Å². The lowest BCUT2D eigenvalue weighted by Crippen LogP contribution is -2.21. The Morgan fingerprint density at radius 3 is 2.72 bits per heavy atom. The zero-order chi connectivity index (χ0) is 17.4. The lowest BCUT2D eigenvalue weighted by Gasteiger charge is -2.12. The third kappa shape index (κ3) is 3.10. The highest BCUT2D eigenvalue weighted by atomic mass is 35.5. The predicted molar refractivity (Wildman–Crippen MR) is 103 cm³/mol. The first-order valence-electron chi connectivity index (χ1n) is 8.56. The zero-order valence-corrected chi connectivity index (χ0v) is 14.9. The van der Waals surface area contributed by atoms with Crippen molar-refractivity contribution < 1.29 is 4.39 Å². The molecule has 0 atom stereocenters. The molecule has 0 N–H and O–H groups in total. The molecule has 0 spiro atoms. The number of aromatic nitrogens is 1. The van der Waals surface area contributed by atoms with E-state index in [-0.39, 0.29) is 5.82 Å². The summed E-state index contributed by atoms with van der Waals surface area (Å²) in [4.78, 5) is 2.35. The van der Waals surface area contributed by atoms with E-state index < -0.39 is 0 Å². The average molecular weight is 355 g/mol. The summed E-state index contributed by atoms with van der Waals surface area (Å²) in [6.07, 6.45) is 5.81. The summed E-state index contributed by atoms with van der Waals surface area (Å²) < 4.78 is 16.2. The molecule has 1 aromatic heterocycles. The van der Waals surface area contributed by atoms with Gasteiger partial charge in [-0.25, -0.2) is 4.39 Å².